The van der Waals surface area contributed by atoms with Crippen LogP contribution in [0.4, 0.5) is 11.4 Å². The molecular weight excluding hydrogens is 404 g/mol. The van der Waals surface area contributed by atoms with Gasteiger partial charge in [-0.15, -0.1) is 0 Å². The Morgan fingerprint density at radius 2 is 1.75 bits per heavy atom. The first-order valence-electron chi connectivity index (χ1n) is 11.0. The predicted octanol–water partition coefficient (Wildman–Crippen LogP) is 3.99. The van der Waals surface area contributed by atoms with Gasteiger partial charge >= 0.3 is 0 Å². The smallest absolute Gasteiger partial charge is 0.241 e. The molecule has 32 heavy (non-hydrogen) atoms. The Morgan fingerprint density at radius 3 is 2.38 bits per heavy atom. The fourth-order valence-electron chi connectivity index (χ4n) is 3.36. The molecule has 2 amide bonds. The number of aryl methyl sites for hydroxylation is 1. The number of hydrogen-bond donors (Lipinski definition) is 1. The maximum atomic E-state index is 13.2. The highest BCUT2D eigenvalue weighted by Crippen LogP contribution is 2.20. The molecule has 0 radical (unpaired) electrons. The molecule has 0 saturated heterocycles. The van der Waals surface area contributed by atoms with Crippen LogP contribution in [-0.2, 0) is 9.59 Å². The number of nitriles is 1. The van der Waals surface area contributed by atoms with E-state index < -0.39 is 0 Å². The van der Waals surface area contributed by atoms with Gasteiger partial charge in [0.1, 0.15) is 5.75 Å². The molecule has 0 heterocycles. The Bertz CT molecular complexity index is 922. The first-order valence-corrected chi connectivity index (χ1v) is 11.0. The van der Waals surface area contributed by atoms with Gasteiger partial charge in [0, 0.05) is 17.9 Å². The monoisotopic (exact) mass is 436 g/mol. The number of carbonyl (C=O) groups is 2. The SMILES string of the molecule is CCCN(CC(=O)Nc1ccccc1C)CC(=O)N(CCC#N)c1ccc(OCC)cc1. The molecule has 0 fully saturated rings. The average molecular weight is 437 g/mol. The van der Waals surface area contributed by atoms with Crippen LogP contribution in [0.25, 0.3) is 0 Å². The Kier molecular flexibility index (Phi) is 10.2. The second kappa shape index (κ2) is 13.1. The first-order chi connectivity index (χ1) is 15.5. The summed E-state index contributed by atoms with van der Waals surface area (Å²) in [6.07, 6.45) is 1.03. The van der Waals surface area contributed by atoms with Gasteiger partial charge in [0.2, 0.25) is 11.8 Å². The molecule has 1 N–H and O–H groups in total. The molecular formula is C25H32N4O3. The fourth-order valence-corrected chi connectivity index (χ4v) is 3.36. The highest BCUT2D eigenvalue weighted by atomic mass is 16.5. The van der Waals surface area contributed by atoms with Gasteiger partial charge in [0.05, 0.1) is 32.2 Å². The molecule has 0 unspecified atom stereocenters. The van der Waals surface area contributed by atoms with E-state index in [2.05, 4.69) is 11.4 Å². The first kappa shape index (κ1) is 24.9. The van der Waals surface area contributed by atoms with E-state index in [1.54, 1.807) is 4.90 Å². The maximum Gasteiger partial charge on any atom is 0.241 e. The molecule has 2 rings (SSSR count). The van der Waals surface area contributed by atoms with Crippen LogP contribution in [0.15, 0.2) is 48.5 Å². The number of amides is 2. The Balaban J connectivity index is 2.08. The van der Waals surface area contributed by atoms with E-state index >= 15 is 0 Å². The molecule has 0 bridgehead atoms. The van der Waals surface area contributed by atoms with Crippen LogP contribution < -0.4 is 15.0 Å². The summed E-state index contributed by atoms with van der Waals surface area (Å²) in [4.78, 5) is 29.2. The van der Waals surface area contributed by atoms with E-state index in [0.717, 1.165) is 23.4 Å². The Morgan fingerprint density at radius 1 is 1.03 bits per heavy atom. The fraction of sp³-hybridized carbons (Fsp3) is 0.400. The summed E-state index contributed by atoms with van der Waals surface area (Å²) in [7, 11) is 0. The zero-order chi connectivity index (χ0) is 23.3. The minimum atomic E-state index is -0.162. The van der Waals surface area contributed by atoms with Crippen molar-refractivity contribution in [3.05, 3.63) is 54.1 Å². The van der Waals surface area contributed by atoms with Crippen LogP contribution in [-0.4, -0.2) is 49.5 Å². The maximum absolute atomic E-state index is 13.2. The van der Waals surface area contributed by atoms with Crippen molar-refractivity contribution >= 4 is 23.2 Å². The molecule has 0 atom stereocenters. The minimum absolute atomic E-state index is 0.0909. The van der Waals surface area contributed by atoms with Crippen molar-refractivity contribution in [2.75, 3.05) is 43.0 Å². The van der Waals surface area contributed by atoms with Gasteiger partial charge in [0.15, 0.2) is 0 Å². The van der Waals surface area contributed by atoms with Crippen LogP contribution in [0.3, 0.4) is 0 Å². The normalized spacial score (nSPS) is 10.5. The van der Waals surface area contributed by atoms with Crippen LogP contribution in [0.2, 0.25) is 0 Å². The molecule has 0 aliphatic heterocycles. The summed E-state index contributed by atoms with van der Waals surface area (Å²) in [6.45, 7) is 7.53. The molecule has 7 nitrogen and oxygen atoms in total. The molecule has 2 aromatic carbocycles. The van der Waals surface area contributed by atoms with Crippen LogP contribution >= 0.6 is 0 Å². The van der Waals surface area contributed by atoms with Crippen LogP contribution in [0.5, 0.6) is 5.75 Å². The van der Waals surface area contributed by atoms with E-state index in [0.29, 0.717) is 25.4 Å². The highest BCUT2D eigenvalue weighted by Gasteiger charge is 2.20. The summed E-state index contributed by atoms with van der Waals surface area (Å²) in [5, 5.41) is 12.0. The summed E-state index contributed by atoms with van der Waals surface area (Å²) in [6, 6.07) is 16.9. The largest absolute Gasteiger partial charge is 0.494 e. The van der Waals surface area contributed by atoms with Crippen molar-refractivity contribution in [1.29, 1.82) is 5.26 Å². The van der Waals surface area contributed by atoms with Gasteiger partial charge in [-0.05, 0) is 62.7 Å². The quantitative estimate of drug-likeness (QED) is 0.544. The predicted molar refractivity (Wildman–Crippen MR) is 127 cm³/mol. The van der Waals surface area contributed by atoms with Crippen molar-refractivity contribution in [3.63, 3.8) is 0 Å². The number of carbonyl (C=O) groups excluding carboxylic acids is 2. The van der Waals surface area contributed by atoms with Gasteiger partial charge in [-0.2, -0.15) is 5.26 Å². The number of anilines is 2. The summed E-state index contributed by atoms with van der Waals surface area (Å²) in [5.74, 6) is 0.413. The molecule has 7 heteroatoms. The lowest BCUT2D eigenvalue weighted by molar-refractivity contribution is -0.121. The average Bonchev–Trinajstić information content (AvgIpc) is 2.77. The molecule has 0 aromatic heterocycles. The highest BCUT2D eigenvalue weighted by molar-refractivity contribution is 5.96. The van der Waals surface area contributed by atoms with Crippen molar-refractivity contribution in [3.8, 4) is 11.8 Å². The van der Waals surface area contributed by atoms with E-state index in [1.807, 2.05) is 74.2 Å². The molecule has 0 aliphatic carbocycles. The number of nitrogens with one attached hydrogen (secondary N) is 1. The molecule has 0 saturated carbocycles. The van der Waals surface area contributed by atoms with Gasteiger partial charge in [0.25, 0.3) is 0 Å². The summed E-state index contributed by atoms with van der Waals surface area (Å²) < 4.78 is 5.47. The third kappa shape index (κ3) is 7.71. The topological polar surface area (TPSA) is 85.7 Å². The number of benzene rings is 2. The number of rotatable bonds is 12. The number of ether oxygens (including phenoxy) is 1. The Hall–Kier alpha value is -3.37. The summed E-state index contributed by atoms with van der Waals surface area (Å²) in [5.41, 5.74) is 2.46. The van der Waals surface area contributed by atoms with Crippen LogP contribution in [0.1, 0.15) is 32.3 Å². The standard InChI is InChI=1S/C25H32N4O3/c1-4-16-28(18-24(30)27-23-10-7-6-9-20(23)3)19-25(31)29(17-8-15-26)21-11-13-22(14-12-21)32-5-2/h6-7,9-14H,4-5,8,16-19H2,1-3H3,(H,27,30). The lowest BCUT2D eigenvalue weighted by atomic mass is 10.2. The van der Waals surface area contributed by atoms with Crippen molar-refractivity contribution in [2.45, 2.75) is 33.6 Å². The van der Waals surface area contributed by atoms with Gasteiger partial charge in [-0.25, -0.2) is 0 Å². The second-order valence-electron chi connectivity index (χ2n) is 7.45. The van der Waals surface area contributed by atoms with E-state index in [-0.39, 0.29) is 31.3 Å². The Labute approximate surface area is 190 Å². The van der Waals surface area contributed by atoms with E-state index in [4.69, 9.17) is 10.00 Å². The lowest BCUT2D eigenvalue weighted by Gasteiger charge is -2.27. The van der Waals surface area contributed by atoms with Crippen molar-refractivity contribution in [2.24, 2.45) is 0 Å². The summed E-state index contributed by atoms with van der Waals surface area (Å²) >= 11 is 0. The van der Waals surface area contributed by atoms with Crippen LogP contribution in [0, 0.1) is 18.3 Å². The number of para-hydroxylation sites is 1. The molecule has 170 valence electrons. The second-order valence-corrected chi connectivity index (χ2v) is 7.45. The minimum Gasteiger partial charge on any atom is -0.494 e. The van der Waals surface area contributed by atoms with Crippen molar-refractivity contribution in [1.82, 2.24) is 4.90 Å². The number of nitrogens with zero attached hydrogens (tertiary/aromatic N) is 3. The van der Waals surface area contributed by atoms with Gasteiger partial charge in [-0.1, -0.05) is 25.1 Å². The van der Waals surface area contributed by atoms with E-state index in [9.17, 15) is 9.59 Å². The zero-order valence-corrected chi connectivity index (χ0v) is 19.1. The van der Waals surface area contributed by atoms with Crippen molar-refractivity contribution < 1.29 is 14.3 Å². The molecule has 0 aliphatic rings. The zero-order valence-electron chi connectivity index (χ0n) is 19.1. The number of hydrogen-bond acceptors (Lipinski definition) is 5. The third-order valence-electron chi connectivity index (χ3n) is 4.89. The molecule has 2 aromatic rings. The van der Waals surface area contributed by atoms with Gasteiger partial charge < -0.3 is 15.0 Å². The lowest BCUT2D eigenvalue weighted by Crippen LogP contribution is -2.44. The van der Waals surface area contributed by atoms with Gasteiger partial charge in [-0.3, -0.25) is 14.5 Å². The van der Waals surface area contributed by atoms with E-state index in [1.165, 1.54) is 0 Å². The molecule has 0 spiro atoms. The third-order valence-corrected chi connectivity index (χ3v) is 4.89.